The first-order valence-electron chi connectivity index (χ1n) is 9.63. The number of ketones is 1. The second-order valence-corrected chi connectivity index (χ2v) is 8.08. The monoisotopic (exact) mass is 409 g/mol. The molecule has 1 atom stereocenters. The number of Topliss-reactive ketones (excluding diaryl/α,β-unsaturated/α-hetero) is 1. The van der Waals surface area contributed by atoms with Crippen molar-refractivity contribution in [3.8, 4) is 0 Å². The Kier molecular flexibility index (Phi) is 6.51. The van der Waals surface area contributed by atoms with Gasteiger partial charge in [0.25, 0.3) is 0 Å². The molecule has 0 bridgehead atoms. The second kappa shape index (κ2) is 8.89. The number of rotatable bonds is 7. The number of nitrogens with zero attached hydrogens (tertiary/aromatic N) is 1. The average molecular weight is 410 g/mol. The van der Waals surface area contributed by atoms with Crippen LogP contribution in [0.15, 0.2) is 78.9 Å². The van der Waals surface area contributed by atoms with Crippen molar-refractivity contribution in [3.05, 3.63) is 106 Å². The first-order valence-corrected chi connectivity index (χ1v) is 10.0. The van der Waals surface area contributed by atoms with Gasteiger partial charge in [0, 0.05) is 16.6 Å². The summed E-state index contributed by atoms with van der Waals surface area (Å²) in [5.74, 6) is -0.679. The first-order chi connectivity index (χ1) is 13.8. The van der Waals surface area contributed by atoms with Crippen molar-refractivity contribution in [3.63, 3.8) is 0 Å². The van der Waals surface area contributed by atoms with E-state index in [2.05, 4.69) is 11.8 Å². The number of benzene rings is 3. The smallest absolute Gasteiger partial charge is 0.177 e. The molecular weight excluding hydrogens is 385 g/mol. The number of halogens is 2. The Labute approximate surface area is 176 Å². The molecule has 0 saturated carbocycles. The zero-order valence-corrected chi connectivity index (χ0v) is 17.7. The van der Waals surface area contributed by atoms with Gasteiger partial charge in [-0.25, -0.2) is 4.39 Å². The SMILES string of the molecule is C[C@H](CC(C(=O)c1cc(F)cc(Cl)c1)(c1ccccc1)c1ccccc1)N(C)C. The van der Waals surface area contributed by atoms with Crippen molar-refractivity contribution < 1.29 is 9.18 Å². The Morgan fingerprint density at radius 2 is 1.48 bits per heavy atom. The molecule has 0 saturated heterocycles. The normalized spacial score (nSPS) is 12.8. The number of carbonyl (C=O) groups excluding carboxylic acids is 1. The Morgan fingerprint density at radius 1 is 0.966 bits per heavy atom. The van der Waals surface area contributed by atoms with Crippen LogP contribution in [0.5, 0.6) is 0 Å². The summed E-state index contributed by atoms with van der Waals surface area (Å²) in [6.45, 7) is 2.09. The van der Waals surface area contributed by atoms with Crippen LogP contribution in [0.3, 0.4) is 0 Å². The lowest BCUT2D eigenvalue weighted by atomic mass is 9.66. The van der Waals surface area contributed by atoms with Crippen LogP contribution in [0.1, 0.15) is 34.8 Å². The first kappa shape index (κ1) is 21.2. The molecule has 2 nitrogen and oxygen atoms in total. The van der Waals surface area contributed by atoms with E-state index in [0.29, 0.717) is 6.42 Å². The summed E-state index contributed by atoms with van der Waals surface area (Å²) in [6.07, 6.45) is 0.543. The lowest BCUT2D eigenvalue weighted by molar-refractivity contribution is 0.0882. The molecule has 0 spiro atoms. The lowest BCUT2D eigenvalue weighted by Gasteiger charge is -2.38. The molecule has 3 aromatic carbocycles. The van der Waals surface area contributed by atoms with Crippen molar-refractivity contribution in [1.29, 1.82) is 0 Å². The molecule has 0 fully saturated rings. The highest BCUT2D eigenvalue weighted by atomic mass is 35.5. The van der Waals surface area contributed by atoms with E-state index in [1.54, 1.807) is 6.07 Å². The van der Waals surface area contributed by atoms with Gasteiger partial charge in [-0.15, -0.1) is 0 Å². The topological polar surface area (TPSA) is 20.3 Å². The molecule has 0 amide bonds. The van der Waals surface area contributed by atoms with Crippen molar-refractivity contribution in [1.82, 2.24) is 4.90 Å². The third-order valence-corrected chi connectivity index (χ3v) is 5.75. The summed E-state index contributed by atoms with van der Waals surface area (Å²) in [4.78, 5) is 16.2. The van der Waals surface area contributed by atoms with E-state index in [9.17, 15) is 9.18 Å². The molecule has 3 aromatic rings. The van der Waals surface area contributed by atoms with Crippen LogP contribution >= 0.6 is 11.6 Å². The van der Waals surface area contributed by atoms with Crippen molar-refractivity contribution >= 4 is 17.4 Å². The molecule has 0 aliphatic heterocycles. The van der Waals surface area contributed by atoms with Gasteiger partial charge in [0.05, 0.1) is 5.41 Å². The van der Waals surface area contributed by atoms with Gasteiger partial charge in [-0.1, -0.05) is 72.3 Å². The van der Waals surface area contributed by atoms with Crippen LogP contribution in [0.2, 0.25) is 5.02 Å². The summed E-state index contributed by atoms with van der Waals surface area (Å²) < 4.78 is 14.1. The van der Waals surface area contributed by atoms with E-state index in [1.165, 1.54) is 12.1 Å². The van der Waals surface area contributed by atoms with Gasteiger partial charge in [-0.3, -0.25) is 4.79 Å². The molecule has 0 aromatic heterocycles. The molecule has 0 aliphatic rings. The minimum Gasteiger partial charge on any atom is -0.307 e. The van der Waals surface area contributed by atoms with Gasteiger partial charge in [0.1, 0.15) is 5.82 Å². The van der Waals surface area contributed by atoms with Crippen molar-refractivity contribution in [2.24, 2.45) is 0 Å². The largest absolute Gasteiger partial charge is 0.307 e. The molecule has 4 heteroatoms. The summed E-state index contributed by atoms with van der Waals surface area (Å²) in [6, 6.07) is 23.6. The minimum atomic E-state index is -0.969. The highest BCUT2D eigenvalue weighted by molar-refractivity contribution is 6.31. The lowest BCUT2D eigenvalue weighted by Crippen LogP contribution is -2.43. The minimum absolute atomic E-state index is 0.100. The second-order valence-electron chi connectivity index (χ2n) is 7.64. The zero-order chi connectivity index (χ0) is 21.0. The van der Waals surface area contributed by atoms with E-state index >= 15 is 0 Å². The predicted molar refractivity (Wildman–Crippen MR) is 117 cm³/mol. The highest BCUT2D eigenvalue weighted by Gasteiger charge is 2.43. The summed E-state index contributed by atoms with van der Waals surface area (Å²) in [7, 11) is 3.99. The van der Waals surface area contributed by atoms with Gasteiger partial charge in [-0.2, -0.15) is 0 Å². The number of hydrogen-bond donors (Lipinski definition) is 0. The number of hydrogen-bond acceptors (Lipinski definition) is 2. The van der Waals surface area contributed by atoms with Gasteiger partial charge < -0.3 is 4.90 Å². The maximum atomic E-state index is 14.1. The summed E-state index contributed by atoms with van der Waals surface area (Å²) in [5.41, 5.74) is 1.06. The van der Waals surface area contributed by atoms with Crippen LogP contribution in [-0.4, -0.2) is 30.8 Å². The molecule has 0 N–H and O–H groups in total. The van der Waals surface area contributed by atoms with E-state index in [-0.39, 0.29) is 22.4 Å². The Hall–Kier alpha value is -2.49. The third kappa shape index (κ3) is 4.42. The standard InChI is InChI=1S/C25H25ClFNO/c1-18(28(2)3)17-25(20-10-6-4-7-11-20,21-12-8-5-9-13-21)24(29)19-14-22(26)16-23(27)15-19/h4-16,18H,17H2,1-3H3/t18-/m1/s1. The maximum absolute atomic E-state index is 14.1. The van der Waals surface area contributed by atoms with E-state index in [1.807, 2.05) is 74.8 Å². The van der Waals surface area contributed by atoms with Gasteiger partial charge in [0.15, 0.2) is 5.78 Å². The predicted octanol–water partition coefficient (Wildman–Crippen LogP) is 5.99. The Morgan fingerprint density at radius 3 is 1.93 bits per heavy atom. The van der Waals surface area contributed by atoms with Gasteiger partial charge >= 0.3 is 0 Å². The maximum Gasteiger partial charge on any atom is 0.177 e. The molecular formula is C25H25ClFNO. The van der Waals surface area contributed by atoms with Crippen molar-refractivity contribution in [2.75, 3.05) is 14.1 Å². The van der Waals surface area contributed by atoms with Crippen LogP contribution in [0.4, 0.5) is 4.39 Å². The Bertz CT molecular complexity index is 913. The quantitative estimate of drug-likeness (QED) is 0.447. The fourth-order valence-corrected chi connectivity index (χ4v) is 3.98. The van der Waals surface area contributed by atoms with E-state index < -0.39 is 11.2 Å². The fraction of sp³-hybridized carbons (Fsp3) is 0.240. The van der Waals surface area contributed by atoms with Crippen molar-refractivity contribution in [2.45, 2.75) is 24.8 Å². The highest BCUT2D eigenvalue weighted by Crippen LogP contribution is 2.41. The number of carbonyl (C=O) groups is 1. The van der Waals surface area contributed by atoms with E-state index in [0.717, 1.165) is 11.1 Å². The third-order valence-electron chi connectivity index (χ3n) is 5.53. The molecule has 0 radical (unpaired) electrons. The molecule has 150 valence electrons. The van der Waals surface area contributed by atoms with Gasteiger partial charge in [0.2, 0.25) is 0 Å². The van der Waals surface area contributed by atoms with E-state index in [4.69, 9.17) is 11.6 Å². The zero-order valence-electron chi connectivity index (χ0n) is 16.9. The van der Waals surface area contributed by atoms with Crippen LogP contribution in [-0.2, 0) is 5.41 Å². The van der Waals surface area contributed by atoms with Crippen LogP contribution in [0, 0.1) is 5.82 Å². The molecule has 3 rings (SSSR count). The summed E-state index contributed by atoms with van der Waals surface area (Å²) in [5, 5.41) is 0.212. The summed E-state index contributed by atoms with van der Waals surface area (Å²) >= 11 is 6.09. The average Bonchev–Trinajstić information content (AvgIpc) is 2.72. The van der Waals surface area contributed by atoms with Crippen LogP contribution < -0.4 is 0 Å². The molecule has 29 heavy (non-hydrogen) atoms. The fourth-order valence-electron chi connectivity index (χ4n) is 3.76. The molecule has 0 unspecified atom stereocenters. The van der Waals surface area contributed by atoms with Gasteiger partial charge in [-0.05, 0) is 56.8 Å². The Balaban J connectivity index is 2.30. The molecule has 0 aliphatic carbocycles. The van der Waals surface area contributed by atoms with Crippen LogP contribution in [0.25, 0.3) is 0 Å². The molecule has 0 heterocycles.